The van der Waals surface area contributed by atoms with Gasteiger partial charge in [0.2, 0.25) is 5.88 Å². The van der Waals surface area contributed by atoms with Gasteiger partial charge in [0, 0.05) is 17.0 Å². The molecule has 0 spiro atoms. The zero-order valence-corrected chi connectivity index (χ0v) is 18.4. The molecule has 168 valence electrons. The molecule has 33 heavy (non-hydrogen) atoms. The van der Waals surface area contributed by atoms with Gasteiger partial charge in [-0.2, -0.15) is 13.5 Å². The van der Waals surface area contributed by atoms with Gasteiger partial charge in [-0.15, -0.1) is 0 Å². The van der Waals surface area contributed by atoms with Crippen LogP contribution in [0.1, 0.15) is 12.5 Å². The summed E-state index contributed by atoms with van der Waals surface area (Å²) in [4.78, 5) is 19.2. The summed E-state index contributed by atoms with van der Waals surface area (Å²) in [6.45, 7) is 2.30. The Balaban J connectivity index is 1.73. The van der Waals surface area contributed by atoms with Gasteiger partial charge in [0.25, 0.3) is 15.6 Å². The van der Waals surface area contributed by atoms with E-state index in [0.717, 1.165) is 10.8 Å². The standard InChI is InChI=1S/C23H20N4O5S/c1-2-32-16-10-12-17(13-11-16)33(30,31)26-25-15-20-18-7-3-4-8-19(18)22(28)27(23(20)29)21-9-5-6-14-24-21/h3-15,26,29H,2H2,1H3/b25-15+. The number of hydrazone groups is 1. The first-order valence-electron chi connectivity index (χ1n) is 9.98. The maximum atomic E-state index is 13.0. The van der Waals surface area contributed by atoms with Gasteiger partial charge < -0.3 is 9.84 Å². The molecule has 2 N–H and O–H groups in total. The van der Waals surface area contributed by atoms with E-state index >= 15 is 0 Å². The molecule has 2 aromatic carbocycles. The fraction of sp³-hybridized carbons (Fsp3) is 0.0870. The second-order valence-electron chi connectivity index (χ2n) is 6.87. The van der Waals surface area contributed by atoms with Crippen LogP contribution in [0.2, 0.25) is 0 Å². The Bertz CT molecular complexity index is 1480. The number of pyridine rings is 2. The van der Waals surface area contributed by atoms with Crippen LogP contribution in [0.15, 0.2) is 87.7 Å². The van der Waals surface area contributed by atoms with Gasteiger partial charge in [0.15, 0.2) is 0 Å². The smallest absolute Gasteiger partial charge is 0.276 e. The topological polar surface area (TPSA) is 123 Å². The summed E-state index contributed by atoms with van der Waals surface area (Å²) >= 11 is 0. The number of aromatic nitrogens is 2. The van der Waals surface area contributed by atoms with Crippen molar-refractivity contribution < 1.29 is 18.3 Å². The fourth-order valence-electron chi connectivity index (χ4n) is 3.28. The number of benzene rings is 2. The Morgan fingerprint density at radius 3 is 2.42 bits per heavy atom. The highest BCUT2D eigenvalue weighted by Gasteiger charge is 2.17. The van der Waals surface area contributed by atoms with Crippen molar-refractivity contribution in [2.75, 3.05) is 6.61 Å². The van der Waals surface area contributed by atoms with Crippen LogP contribution in [-0.4, -0.2) is 35.9 Å². The number of ether oxygens (including phenoxy) is 1. The molecule has 0 aliphatic rings. The molecule has 0 radical (unpaired) electrons. The average molecular weight is 465 g/mol. The van der Waals surface area contributed by atoms with Crippen molar-refractivity contribution in [1.82, 2.24) is 14.4 Å². The molecule has 0 fully saturated rings. The van der Waals surface area contributed by atoms with E-state index in [1.807, 2.05) is 6.92 Å². The monoisotopic (exact) mass is 464 g/mol. The van der Waals surface area contributed by atoms with Crippen LogP contribution >= 0.6 is 0 Å². The molecule has 0 saturated heterocycles. The molecule has 0 unspecified atom stereocenters. The number of rotatable bonds is 7. The molecule has 0 aliphatic heterocycles. The summed E-state index contributed by atoms with van der Waals surface area (Å²) in [5.74, 6) is 0.352. The number of hydrogen-bond donors (Lipinski definition) is 2. The van der Waals surface area contributed by atoms with Crippen LogP contribution < -0.4 is 15.1 Å². The van der Waals surface area contributed by atoms with Crippen LogP contribution in [0, 0.1) is 0 Å². The molecule has 4 aromatic rings. The molecule has 0 aliphatic carbocycles. The zero-order valence-electron chi connectivity index (χ0n) is 17.5. The third-order valence-corrected chi connectivity index (χ3v) is 6.03. The van der Waals surface area contributed by atoms with Gasteiger partial charge >= 0.3 is 0 Å². The third-order valence-electron chi connectivity index (χ3n) is 4.79. The van der Waals surface area contributed by atoms with E-state index in [9.17, 15) is 18.3 Å². The van der Waals surface area contributed by atoms with E-state index in [1.54, 1.807) is 54.6 Å². The summed E-state index contributed by atoms with van der Waals surface area (Å²) in [6.07, 6.45) is 2.65. The van der Waals surface area contributed by atoms with E-state index in [-0.39, 0.29) is 16.3 Å². The third kappa shape index (κ3) is 4.41. The predicted molar refractivity (Wildman–Crippen MR) is 125 cm³/mol. The lowest BCUT2D eigenvalue weighted by Gasteiger charge is -2.12. The van der Waals surface area contributed by atoms with E-state index in [2.05, 4.69) is 14.9 Å². The summed E-state index contributed by atoms with van der Waals surface area (Å²) in [7, 11) is -3.96. The Morgan fingerprint density at radius 2 is 1.76 bits per heavy atom. The second kappa shape index (κ2) is 9.13. The molecule has 2 aromatic heterocycles. The lowest BCUT2D eigenvalue weighted by molar-refractivity contribution is 0.340. The molecule has 0 atom stereocenters. The highest BCUT2D eigenvalue weighted by Crippen LogP contribution is 2.25. The van der Waals surface area contributed by atoms with Gasteiger partial charge in [-0.3, -0.25) is 4.79 Å². The molecule has 0 saturated carbocycles. The van der Waals surface area contributed by atoms with Gasteiger partial charge in [-0.25, -0.2) is 14.4 Å². The van der Waals surface area contributed by atoms with Crippen molar-refractivity contribution in [3.05, 3.63) is 88.8 Å². The first-order valence-corrected chi connectivity index (χ1v) is 11.5. The Kier molecular flexibility index (Phi) is 6.09. The van der Waals surface area contributed by atoms with E-state index in [4.69, 9.17) is 4.74 Å². The van der Waals surface area contributed by atoms with Gasteiger partial charge in [-0.1, -0.05) is 24.3 Å². The first-order chi connectivity index (χ1) is 15.9. The van der Waals surface area contributed by atoms with Gasteiger partial charge in [0.1, 0.15) is 11.6 Å². The van der Waals surface area contributed by atoms with Crippen molar-refractivity contribution in [3.63, 3.8) is 0 Å². The minimum atomic E-state index is -3.96. The number of sulfonamides is 1. The summed E-state index contributed by atoms with van der Waals surface area (Å²) in [6, 6.07) is 17.5. The zero-order chi connectivity index (χ0) is 23.4. The normalized spacial score (nSPS) is 11.7. The van der Waals surface area contributed by atoms with Crippen molar-refractivity contribution >= 4 is 27.0 Å². The number of nitrogens with one attached hydrogen (secondary N) is 1. The molecule has 9 nitrogen and oxygen atoms in total. The molecule has 0 bridgehead atoms. The Hall–Kier alpha value is -4.18. The molecule has 10 heteroatoms. The van der Waals surface area contributed by atoms with Crippen LogP contribution in [0.5, 0.6) is 11.6 Å². The van der Waals surface area contributed by atoms with Crippen molar-refractivity contribution in [2.24, 2.45) is 5.10 Å². The fourth-order valence-corrected chi connectivity index (χ4v) is 4.07. The maximum absolute atomic E-state index is 13.0. The van der Waals surface area contributed by atoms with Crippen molar-refractivity contribution in [3.8, 4) is 17.4 Å². The highest BCUT2D eigenvalue weighted by molar-refractivity contribution is 7.89. The first kappa shape index (κ1) is 22.0. The van der Waals surface area contributed by atoms with Crippen LogP contribution in [-0.2, 0) is 10.0 Å². The molecule has 2 heterocycles. The van der Waals surface area contributed by atoms with E-state index in [0.29, 0.717) is 23.1 Å². The minimum Gasteiger partial charge on any atom is -0.494 e. The molecule has 0 amide bonds. The molecular formula is C23H20N4O5S. The quantitative estimate of drug-likeness (QED) is 0.320. The average Bonchev–Trinajstić information content (AvgIpc) is 2.82. The SMILES string of the molecule is CCOc1ccc(S(=O)(=O)N/N=C/c2c(O)n(-c3ccccn3)c(=O)c3ccccc23)cc1. The highest BCUT2D eigenvalue weighted by atomic mass is 32.2. The van der Waals surface area contributed by atoms with E-state index in [1.165, 1.54) is 18.3 Å². The number of nitrogens with zero attached hydrogens (tertiary/aromatic N) is 3. The lowest BCUT2D eigenvalue weighted by atomic mass is 10.1. The molecular weight excluding hydrogens is 444 g/mol. The van der Waals surface area contributed by atoms with Crippen LogP contribution in [0.25, 0.3) is 16.6 Å². The predicted octanol–water partition coefficient (Wildman–Crippen LogP) is 2.80. The number of fused-ring (bicyclic) bond motifs is 1. The summed E-state index contributed by atoms with van der Waals surface area (Å²) in [5.41, 5.74) is -0.306. The second-order valence-corrected chi connectivity index (χ2v) is 8.53. The largest absolute Gasteiger partial charge is 0.494 e. The Morgan fingerprint density at radius 1 is 1.06 bits per heavy atom. The minimum absolute atomic E-state index is 0.00404. The Labute approximate surface area is 189 Å². The van der Waals surface area contributed by atoms with Gasteiger partial charge in [0.05, 0.1) is 23.3 Å². The maximum Gasteiger partial charge on any atom is 0.276 e. The lowest BCUT2D eigenvalue weighted by Crippen LogP contribution is -2.21. The molecule has 4 rings (SSSR count). The summed E-state index contributed by atoms with van der Waals surface area (Å²) < 4.78 is 31.5. The van der Waals surface area contributed by atoms with E-state index < -0.39 is 21.5 Å². The van der Waals surface area contributed by atoms with Crippen molar-refractivity contribution in [1.29, 1.82) is 0 Å². The van der Waals surface area contributed by atoms with Crippen molar-refractivity contribution in [2.45, 2.75) is 11.8 Å². The van der Waals surface area contributed by atoms with Crippen LogP contribution in [0.4, 0.5) is 0 Å². The summed E-state index contributed by atoms with van der Waals surface area (Å²) in [5, 5.41) is 15.5. The van der Waals surface area contributed by atoms with Gasteiger partial charge in [-0.05, 0) is 49.4 Å². The number of hydrogen-bond acceptors (Lipinski definition) is 7. The number of aromatic hydroxyl groups is 1. The van der Waals surface area contributed by atoms with Crippen LogP contribution in [0.3, 0.4) is 0 Å².